The molecule has 2 aliphatic carbocycles. The number of rotatable bonds is 2. The summed E-state index contributed by atoms with van der Waals surface area (Å²) in [6.45, 7) is 2.36. The molecule has 1 aromatic carbocycles. The zero-order valence-electron chi connectivity index (χ0n) is 13.4. The van der Waals surface area contributed by atoms with E-state index < -0.39 is 0 Å². The van der Waals surface area contributed by atoms with Crippen LogP contribution in [0.3, 0.4) is 0 Å². The summed E-state index contributed by atoms with van der Waals surface area (Å²) < 4.78 is 0. The van der Waals surface area contributed by atoms with Gasteiger partial charge in [0.25, 0.3) is 0 Å². The number of hydrogen-bond acceptors (Lipinski definition) is 2. The van der Waals surface area contributed by atoms with Crippen LogP contribution < -0.4 is 0 Å². The van der Waals surface area contributed by atoms with Gasteiger partial charge in [-0.2, -0.15) is 0 Å². The Labute approximate surface area is 133 Å². The maximum Gasteiger partial charge on any atom is 0.140 e. The van der Waals surface area contributed by atoms with Crippen molar-refractivity contribution in [1.29, 1.82) is 0 Å². The Balaban J connectivity index is 1.40. The second kappa shape index (κ2) is 6.16. The van der Waals surface area contributed by atoms with Gasteiger partial charge in [-0.1, -0.05) is 36.8 Å². The van der Waals surface area contributed by atoms with E-state index in [1.54, 1.807) is 0 Å². The lowest BCUT2D eigenvalue weighted by molar-refractivity contribution is -0.136. The second-order valence-corrected chi connectivity index (χ2v) is 7.50. The molecule has 3 fully saturated rings. The Hall–Kier alpha value is -1.15. The molecule has 1 heterocycles. The zero-order valence-corrected chi connectivity index (χ0v) is 13.4. The predicted molar refractivity (Wildman–Crippen MR) is 88.9 cm³/mol. The normalized spacial score (nSPS) is 33.8. The van der Waals surface area contributed by atoms with E-state index in [0.717, 1.165) is 25.2 Å². The predicted octanol–water partition coefficient (Wildman–Crippen LogP) is 4.01. The summed E-state index contributed by atoms with van der Waals surface area (Å²) in [6.07, 6.45) is 8.51. The van der Waals surface area contributed by atoms with Gasteiger partial charge in [-0.25, -0.2) is 0 Å². The number of ketones is 1. The quantitative estimate of drug-likeness (QED) is 0.822. The Morgan fingerprint density at radius 2 is 1.59 bits per heavy atom. The number of carbonyl (C=O) groups excluding carboxylic acids is 1. The molecule has 0 radical (unpaired) electrons. The standard InChI is InChI=1S/C20H27NO/c22-20-17-7-4-8-18(20)19(10-9-17)21-13-11-16(12-14-21)15-5-2-1-3-6-15/h1-3,5-6,16-19H,4,7-14H2. The number of fused-ring (bicyclic) bond motifs is 2. The smallest absolute Gasteiger partial charge is 0.140 e. The van der Waals surface area contributed by atoms with Gasteiger partial charge in [0.15, 0.2) is 0 Å². The third kappa shape index (κ3) is 2.62. The lowest BCUT2D eigenvalue weighted by Gasteiger charge is -2.46. The average molecular weight is 297 g/mol. The largest absolute Gasteiger partial charge is 0.300 e. The summed E-state index contributed by atoms with van der Waals surface area (Å²) in [5.74, 6) is 2.10. The van der Waals surface area contributed by atoms with E-state index in [9.17, 15) is 4.79 Å². The zero-order chi connectivity index (χ0) is 14.9. The molecule has 2 saturated carbocycles. The number of piperidine rings is 1. The van der Waals surface area contributed by atoms with Crippen molar-refractivity contribution >= 4 is 5.78 Å². The topological polar surface area (TPSA) is 20.3 Å². The van der Waals surface area contributed by atoms with Crippen LogP contribution in [0.1, 0.15) is 56.4 Å². The third-order valence-corrected chi connectivity index (χ3v) is 6.38. The summed E-state index contributed by atoms with van der Waals surface area (Å²) in [5.41, 5.74) is 1.50. The lowest BCUT2D eigenvalue weighted by Crippen LogP contribution is -2.52. The van der Waals surface area contributed by atoms with Gasteiger partial charge >= 0.3 is 0 Å². The van der Waals surface area contributed by atoms with Crippen molar-refractivity contribution < 1.29 is 4.79 Å². The molecule has 1 saturated heterocycles. The molecule has 2 nitrogen and oxygen atoms in total. The first-order chi connectivity index (χ1) is 10.8. The Bertz CT molecular complexity index is 518. The molecule has 0 N–H and O–H groups in total. The fourth-order valence-electron chi connectivity index (χ4n) is 5.14. The summed E-state index contributed by atoms with van der Waals surface area (Å²) >= 11 is 0. The maximum absolute atomic E-state index is 12.5. The average Bonchev–Trinajstić information content (AvgIpc) is 2.56. The van der Waals surface area contributed by atoms with Gasteiger partial charge in [0, 0.05) is 17.9 Å². The van der Waals surface area contributed by atoms with Crippen molar-refractivity contribution in [3.63, 3.8) is 0 Å². The van der Waals surface area contributed by atoms with E-state index in [2.05, 4.69) is 35.2 Å². The molecule has 1 aliphatic heterocycles. The van der Waals surface area contributed by atoms with Gasteiger partial charge < -0.3 is 0 Å². The molecule has 3 atom stereocenters. The van der Waals surface area contributed by atoms with Crippen LogP contribution >= 0.6 is 0 Å². The monoisotopic (exact) mass is 297 g/mol. The van der Waals surface area contributed by atoms with Crippen LogP contribution in [0.2, 0.25) is 0 Å². The highest BCUT2D eigenvalue weighted by atomic mass is 16.1. The van der Waals surface area contributed by atoms with Gasteiger partial charge in [-0.05, 0) is 63.1 Å². The van der Waals surface area contributed by atoms with Crippen LogP contribution in [0.5, 0.6) is 0 Å². The minimum Gasteiger partial charge on any atom is -0.300 e. The molecule has 4 rings (SSSR count). The molecule has 0 spiro atoms. The molecule has 3 unspecified atom stereocenters. The van der Waals surface area contributed by atoms with Crippen LogP contribution in [0.15, 0.2) is 30.3 Å². The van der Waals surface area contributed by atoms with E-state index in [1.807, 2.05) is 0 Å². The van der Waals surface area contributed by atoms with E-state index in [4.69, 9.17) is 0 Å². The van der Waals surface area contributed by atoms with Crippen molar-refractivity contribution in [2.24, 2.45) is 11.8 Å². The molecular weight excluding hydrogens is 270 g/mol. The van der Waals surface area contributed by atoms with Gasteiger partial charge in [0.1, 0.15) is 5.78 Å². The fraction of sp³-hybridized carbons (Fsp3) is 0.650. The van der Waals surface area contributed by atoms with Crippen molar-refractivity contribution in [2.45, 2.75) is 56.9 Å². The highest BCUT2D eigenvalue weighted by Crippen LogP contribution is 2.41. The molecule has 118 valence electrons. The minimum atomic E-state index is 0.362. The number of nitrogens with zero attached hydrogens (tertiary/aromatic N) is 1. The number of likely N-dealkylation sites (tertiary alicyclic amines) is 1. The van der Waals surface area contributed by atoms with Crippen LogP contribution in [-0.2, 0) is 4.79 Å². The Kier molecular flexibility index (Phi) is 4.04. The molecule has 22 heavy (non-hydrogen) atoms. The summed E-state index contributed by atoms with van der Waals surface area (Å²) in [7, 11) is 0. The maximum atomic E-state index is 12.5. The molecule has 3 aliphatic rings. The number of benzene rings is 1. The van der Waals surface area contributed by atoms with Crippen molar-refractivity contribution in [1.82, 2.24) is 4.90 Å². The Morgan fingerprint density at radius 3 is 2.36 bits per heavy atom. The van der Waals surface area contributed by atoms with E-state index in [1.165, 1.54) is 44.3 Å². The molecule has 2 bridgehead atoms. The van der Waals surface area contributed by atoms with E-state index >= 15 is 0 Å². The van der Waals surface area contributed by atoms with E-state index in [0.29, 0.717) is 23.7 Å². The van der Waals surface area contributed by atoms with Crippen LogP contribution in [-0.4, -0.2) is 29.8 Å². The fourth-order valence-corrected chi connectivity index (χ4v) is 5.14. The van der Waals surface area contributed by atoms with Crippen LogP contribution in [0.25, 0.3) is 0 Å². The summed E-state index contributed by atoms with van der Waals surface area (Å²) in [6, 6.07) is 11.5. The highest BCUT2D eigenvalue weighted by molar-refractivity contribution is 5.85. The second-order valence-electron chi connectivity index (χ2n) is 7.50. The van der Waals surface area contributed by atoms with Gasteiger partial charge in [0.2, 0.25) is 0 Å². The molecular formula is C20H27NO. The first-order valence-corrected chi connectivity index (χ1v) is 9.15. The Morgan fingerprint density at radius 1 is 0.818 bits per heavy atom. The lowest BCUT2D eigenvalue weighted by atomic mass is 9.68. The minimum absolute atomic E-state index is 0.362. The third-order valence-electron chi connectivity index (χ3n) is 6.38. The molecule has 2 heteroatoms. The SMILES string of the molecule is O=C1C2CCCC1C(N1CCC(c3ccccc3)CC1)CC2. The van der Waals surface area contributed by atoms with Gasteiger partial charge in [-0.15, -0.1) is 0 Å². The molecule has 1 aromatic rings. The van der Waals surface area contributed by atoms with Crippen molar-refractivity contribution in [3.05, 3.63) is 35.9 Å². The number of hydrogen-bond donors (Lipinski definition) is 0. The van der Waals surface area contributed by atoms with Crippen LogP contribution in [0, 0.1) is 11.8 Å². The van der Waals surface area contributed by atoms with Crippen molar-refractivity contribution in [2.75, 3.05) is 13.1 Å². The first-order valence-electron chi connectivity index (χ1n) is 9.15. The van der Waals surface area contributed by atoms with E-state index in [-0.39, 0.29) is 0 Å². The molecule has 0 amide bonds. The molecule has 0 aromatic heterocycles. The summed E-state index contributed by atoms with van der Waals surface area (Å²) in [5, 5.41) is 0. The van der Waals surface area contributed by atoms with Crippen molar-refractivity contribution in [3.8, 4) is 0 Å². The number of Topliss-reactive ketones (excluding diaryl/α,β-unsaturated/α-hetero) is 1. The number of carbonyl (C=O) groups is 1. The summed E-state index contributed by atoms with van der Waals surface area (Å²) in [4.78, 5) is 15.2. The van der Waals surface area contributed by atoms with Gasteiger partial charge in [-0.3, -0.25) is 9.69 Å². The highest BCUT2D eigenvalue weighted by Gasteiger charge is 2.43. The van der Waals surface area contributed by atoms with Crippen LogP contribution in [0.4, 0.5) is 0 Å². The first kappa shape index (κ1) is 14.4. The van der Waals surface area contributed by atoms with Gasteiger partial charge in [0.05, 0.1) is 0 Å².